The van der Waals surface area contributed by atoms with Gasteiger partial charge in [-0.1, -0.05) is 37.3 Å². The molecular weight excluding hydrogens is 438 g/mol. The number of aromatic nitrogens is 2. The minimum Gasteiger partial charge on any atom is -0.349 e. The molecule has 1 aromatic heterocycles. The molecule has 0 radical (unpaired) electrons. The quantitative estimate of drug-likeness (QED) is 0.617. The molecule has 7 nitrogen and oxygen atoms in total. The lowest BCUT2D eigenvalue weighted by molar-refractivity contribution is -0.129. The standard InChI is InChI=1S/C28H41N5O2/c1-5-9-28(35)30-26(23-10-7-6-8-11-23)18-20(2)31-15-12-24(13-16-31)33-21(3)29-25-14-17-32(22(4)34)19-27(25)33/h6-8,10-11,20,24,26H,5,9,12-19H2,1-4H3,(H,30,35)/t20?,26-/m0/s1. The van der Waals surface area contributed by atoms with Gasteiger partial charge in [0.1, 0.15) is 5.82 Å². The van der Waals surface area contributed by atoms with Crippen LogP contribution in [0.5, 0.6) is 0 Å². The van der Waals surface area contributed by atoms with Crippen LogP contribution in [-0.4, -0.2) is 56.8 Å². The molecule has 0 bridgehead atoms. The van der Waals surface area contributed by atoms with Crippen molar-refractivity contribution in [1.82, 2.24) is 24.7 Å². The zero-order valence-corrected chi connectivity index (χ0v) is 21.8. The molecule has 190 valence electrons. The van der Waals surface area contributed by atoms with E-state index in [1.165, 1.54) is 17.0 Å². The van der Waals surface area contributed by atoms with Crippen LogP contribution in [0.15, 0.2) is 30.3 Å². The van der Waals surface area contributed by atoms with E-state index in [1.54, 1.807) is 6.92 Å². The second-order valence-electron chi connectivity index (χ2n) is 10.2. The molecule has 2 aliphatic rings. The Morgan fingerprint density at radius 1 is 1.14 bits per heavy atom. The molecule has 2 aromatic rings. The number of carbonyl (C=O) groups is 2. The lowest BCUT2D eigenvalue weighted by Gasteiger charge is -2.39. The normalized spacial score (nSPS) is 18.7. The Hall–Kier alpha value is -2.67. The molecule has 0 saturated carbocycles. The number of hydrogen-bond donors (Lipinski definition) is 1. The Labute approximate surface area is 209 Å². The fraction of sp³-hybridized carbons (Fsp3) is 0.607. The van der Waals surface area contributed by atoms with E-state index in [-0.39, 0.29) is 17.9 Å². The van der Waals surface area contributed by atoms with Crippen molar-refractivity contribution in [3.05, 3.63) is 53.1 Å². The molecule has 2 atom stereocenters. The highest BCUT2D eigenvalue weighted by atomic mass is 16.2. The number of imidazole rings is 1. The minimum atomic E-state index is 0.0310. The molecule has 1 fully saturated rings. The van der Waals surface area contributed by atoms with Crippen molar-refractivity contribution in [2.24, 2.45) is 0 Å². The van der Waals surface area contributed by atoms with Crippen molar-refractivity contribution < 1.29 is 9.59 Å². The number of hydrogen-bond acceptors (Lipinski definition) is 4. The fourth-order valence-corrected chi connectivity index (χ4v) is 5.80. The molecule has 1 saturated heterocycles. The first-order valence-electron chi connectivity index (χ1n) is 13.3. The highest BCUT2D eigenvalue weighted by Crippen LogP contribution is 2.32. The van der Waals surface area contributed by atoms with Gasteiger partial charge in [-0.05, 0) is 45.1 Å². The SMILES string of the molecule is CCCC(=O)N[C@@H](CC(C)N1CCC(n2c(C)nc3c2CN(C(C)=O)CC3)CC1)c1ccccc1. The third kappa shape index (κ3) is 5.95. The van der Waals surface area contributed by atoms with Crippen LogP contribution in [0.3, 0.4) is 0 Å². The Balaban J connectivity index is 1.40. The van der Waals surface area contributed by atoms with E-state index in [4.69, 9.17) is 4.98 Å². The molecule has 2 aliphatic heterocycles. The first-order chi connectivity index (χ1) is 16.9. The van der Waals surface area contributed by atoms with Gasteiger partial charge in [-0.2, -0.15) is 0 Å². The van der Waals surface area contributed by atoms with Crippen LogP contribution in [0.25, 0.3) is 0 Å². The number of nitrogens with one attached hydrogen (secondary N) is 1. The molecule has 4 rings (SSSR count). The Bertz CT molecular complexity index is 1010. The molecule has 35 heavy (non-hydrogen) atoms. The highest BCUT2D eigenvalue weighted by molar-refractivity contribution is 5.76. The third-order valence-corrected chi connectivity index (χ3v) is 7.75. The van der Waals surface area contributed by atoms with Crippen LogP contribution >= 0.6 is 0 Å². The number of piperidine rings is 1. The molecular formula is C28H41N5O2. The van der Waals surface area contributed by atoms with Gasteiger partial charge in [0, 0.05) is 51.5 Å². The van der Waals surface area contributed by atoms with Crippen molar-refractivity contribution in [2.75, 3.05) is 19.6 Å². The van der Waals surface area contributed by atoms with Gasteiger partial charge < -0.3 is 19.7 Å². The van der Waals surface area contributed by atoms with Gasteiger partial charge in [0.05, 0.1) is 24.0 Å². The second kappa shape index (κ2) is 11.4. The zero-order valence-electron chi connectivity index (χ0n) is 21.8. The summed E-state index contributed by atoms with van der Waals surface area (Å²) in [5, 5.41) is 3.28. The van der Waals surface area contributed by atoms with Crippen LogP contribution in [0.4, 0.5) is 0 Å². The summed E-state index contributed by atoms with van der Waals surface area (Å²) in [6, 6.07) is 11.2. The summed E-state index contributed by atoms with van der Waals surface area (Å²) in [5.41, 5.74) is 3.58. The second-order valence-corrected chi connectivity index (χ2v) is 10.2. The van der Waals surface area contributed by atoms with Gasteiger partial charge in [-0.25, -0.2) is 4.98 Å². The van der Waals surface area contributed by atoms with Crippen LogP contribution in [0, 0.1) is 6.92 Å². The summed E-state index contributed by atoms with van der Waals surface area (Å²) in [4.78, 5) is 33.8. The van der Waals surface area contributed by atoms with E-state index in [0.29, 0.717) is 25.0 Å². The van der Waals surface area contributed by atoms with E-state index in [9.17, 15) is 9.59 Å². The first kappa shape index (κ1) is 25.4. The van der Waals surface area contributed by atoms with Crippen molar-refractivity contribution in [3.63, 3.8) is 0 Å². The van der Waals surface area contributed by atoms with E-state index in [0.717, 1.165) is 57.6 Å². The summed E-state index contributed by atoms with van der Waals surface area (Å²) in [6.07, 6.45) is 5.33. The largest absolute Gasteiger partial charge is 0.349 e. The Morgan fingerprint density at radius 2 is 1.86 bits per heavy atom. The fourth-order valence-electron chi connectivity index (χ4n) is 5.80. The number of likely N-dealkylation sites (tertiary alicyclic amines) is 1. The zero-order chi connectivity index (χ0) is 24.9. The summed E-state index contributed by atoms with van der Waals surface area (Å²) in [6.45, 7) is 11.6. The molecule has 2 amide bonds. The molecule has 1 unspecified atom stereocenters. The van der Waals surface area contributed by atoms with Crippen molar-refractivity contribution in [3.8, 4) is 0 Å². The van der Waals surface area contributed by atoms with Gasteiger partial charge in [0.2, 0.25) is 11.8 Å². The molecule has 1 N–H and O–H groups in total. The number of rotatable bonds is 8. The van der Waals surface area contributed by atoms with Gasteiger partial charge in [0.15, 0.2) is 0 Å². The van der Waals surface area contributed by atoms with E-state index in [1.807, 2.05) is 30.0 Å². The summed E-state index contributed by atoms with van der Waals surface area (Å²) >= 11 is 0. The summed E-state index contributed by atoms with van der Waals surface area (Å²) in [7, 11) is 0. The average Bonchev–Trinajstić information content (AvgIpc) is 3.19. The van der Waals surface area contributed by atoms with E-state index >= 15 is 0 Å². The number of amides is 2. The maximum Gasteiger partial charge on any atom is 0.220 e. The number of aryl methyl sites for hydroxylation is 1. The first-order valence-corrected chi connectivity index (χ1v) is 13.3. The van der Waals surface area contributed by atoms with Crippen LogP contribution in [-0.2, 0) is 22.6 Å². The van der Waals surface area contributed by atoms with Gasteiger partial charge in [0.25, 0.3) is 0 Å². The van der Waals surface area contributed by atoms with E-state index in [2.05, 4.69) is 40.8 Å². The predicted octanol–water partition coefficient (Wildman–Crippen LogP) is 4.17. The number of fused-ring (bicyclic) bond motifs is 1. The molecule has 0 spiro atoms. The lowest BCUT2D eigenvalue weighted by atomic mass is 9.96. The number of benzene rings is 1. The maximum absolute atomic E-state index is 12.4. The minimum absolute atomic E-state index is 0.0310. The molecule has 0 aliphatic carbocycles. The average molecular weight is 480 g/mol. The van der Waals surface area contributed by atoms with Gasteiger partial charge in [-0.15, -0.1) is 0 Å². The number of nitrogens with zero attached hydrogens (tertiary/aromatic N) is 4. The van der Waals surface area contributed by atoms with Crippen molar-refractivity contribution >= 4 is 11.8 Å². The topological polar surface area (TPSA) is 70.5 Å². The van der Waals surface area contributed by atoms with Crippen LogP contribution in [0.2, 0.25) is 0 Å². The monoisotopic (exact) mass is 479 g/mol. The maximum atomic E-state index is 12.4. The van der Waals surface area contributed by atoms with Gasteiger partial charge in [-0.3, -0.25) is 9.59 Å². The van der Waals surface area contributed by atoms with E-state index < -0.39 is 0 Å². The lowest BCUT2D eigenvalue weighted by Crippen LogP contribution is -2.43. The number of carbonyl (C=O) groups excluding carboxylic acids is 2. The predicted molar refractivity (Wildman–Crippen MR) is 138 cm³/mol. The van der Waals surface area contributed by atoms with Crippen LogP contribution in [0.1, 0.15) is 87.7 Å². The Kier molecular flexibility index (Phi) is 8.26. The molecule has 3 heterocycles. The van der Waals surface area contributed by atoms with Crippen molar-refractivity contribution in [1.29, 1.82) is 0 Å². The smallest absolute Gasteiger partial charge is 0.220 e. The van der Waals surface area contributed by atoms with Crippen molar-refractivity contribution in [2.45, 2.75) is 90.9 Å². The highest BCUT2D eigenvalue weighted by Gasteiger charge is 2.31. The van der Waals surface area contributed by atoms with Crippen LogP contribution < -0.4 is 5.32 Å². The Morgan fingerprint density at radius 3 is 2.51 bits per heavy atom. The molecule has 7 heteroatoms. The van der Waals surface area contributed by atoms with Gasteiger partial charge >= 0.3 is 0 Å². The summed E-state index contributed by atoms with van der Waals surface area (Å²) in [5.74, 6) is 1.35. The third-order valence-electron chi connectivity index (χ3n) is 7.75. The summed E-state index contributed by atoms with van der Waals surface area (Å²) < 4.78 is 2.42. The molecule has 1 aromatic carbocycles.